The Labute approximate surface area is 199 Å². The lowest BCUT2D eigenvalue weighted by Crippen LogP contribution is -2.52. The fraction of sp³-hybridized carbons (Fsp3) is 0.370. The molecule has 1 aliphatic carbocycles. The Balaban J connectivity index is 1.45. The van der Waals surface area contributed by atoms with Crippen LogP contribution >= 0.6 is 0 Å². The Kier molecular flexibility index (Phi) is 6.87. The lowest BCUT2D eigenvalue weighted by atomic mass is 9.98. The predicted molar refractivity (Wildman–Crippen MR) is 127 cm³/mol. The molecule has 0 aromatic heterocycles. The summed E-state index contributed by atoms with van der Waals surface area (Å²) in [5.41, 5.74) is 4.44. The van der Waals surface area contributed by atoms with Crippen molar-refractivity contribution in [2.45, 2.75) is 44.7 Å². The van der Waals surface area contributed by atoms with Crippen molar-refractivity contribution >= 4 is 18.0 Å². The Hall–Kier alpha value is -3.79. The zero-order valence-corrected chi connectivity index (χ0v) is 19.3. The molecule has 1 aliphatic heterocycles. The van der Waals surface area contributed by atoms with Gasteiger partial charge in [0, 0.05) is 18.9 Å². The van der Waals surface area contributed by atoms with Crippen LogP contribution in [0.25, 0.3) is 11.1 Å². The second-order valence-electron chi connectivity index (χ2n) is 8.73. The van der Waals surface area contributed by atoms with E-state index in [1.807, 2.05) is 43.3 Å². The van der Waals surface area contributed by atoms with Gasteiger partial charge in [-0.2, -0.15) is 0 Å². The lowest BCUT2D eigenvalue weighted by molar-refractivity contribution is -0.150. The SMILES string of the molecule is CC#CCC(NC(=O)OCC1c2ccccc2-c2ccccc21)C(=O)N1CCC(C)C1C(=O)O. The number of carbonyl (C=O) groups excluding carboxylic acids is 2. The van der Waals surface area contributed by atoms with Gasteiger partial charge in [-0.1, -0.05) is 55.5 Å². The highest BCUT2D eigenvalue weighted by molar-refractivity contribution is 5.90. The highest BCUT2D eigenvalue weighted by Crippen LogP contribution is 2.44. The minimum absolute atomic E-state index is 0.0801. The number of likely N-dealkylation sites (tertiary alicyclic amines) is 1. The maximum absolute atomic E-state index is 13.2. The summed E-state index contributed by atoms with van der Waals surface area (Å²) in [6.45, 7) is 3.91. The first-order chi connectivity index (χ1) is 16.4. The van der Waals surface area contributed by atoms with Crippen LogP contribution in [0.5, 0.6) is 0 Å². The number of nitrogens with one attached hydrogen (secondary N) is 1. The maximum Gasteiger partial charge on any atom is 0.407 e. The monoisotopic (exact) mass is 460 g/mol. The van der Waals surface area contributed by atoms with Crippen molar-refractivity contribution in [1.29, 1.82) is 0 Å². The van der Waals surface area contributed by atoms with Crippen LogP contribution in [0, 0.1) is 17.8 Å². The lowest BCUT2D eigenvalue weighted by Gasteiger charge is -2.27. The number of rotatable bonds is 6. The van der Waals surface area contributed by atoms with Gasteiger partial charge in [0.1, 0.15) is 18.7 Å². The molecular weight excluding hydrogens is 432 g/mol. The first-order valence-corrected chi connectivity index (χ1v) is 11.5. The number of hydrogen-bond acceptors (Lipinski definition) is 4. The number of fused-ring (bicyclic) bond motifs is 3. The third-order valence-electron chi connectivity index (χ3n) is 6.65. The molecule has 1 heterocycles. The minimum atomic E-state index is -1.04. The molecule has 7 heteroatoms. The van der Waals surface area contributed by atoms with Crippen LogP contribution in [0.4, 0.5) is 4.79 Å². The van der Waals surface area contributed by atoms with Crippen molar-refractivity contribution in [3.63, 3.8) is 0 Å². The van der Waals surface area contributed by atoms with E-state index in [2.05, 4.69) is 29.3 Å². The van der Waals surface area contributed by atoms with Crippen LogP contribution in [0.3, 0.4) is 0 Å². The van der Waals surface area contributed by atoms with E-state index in [0.29, 0.717) is 13.0 Å². The number of ether oxygens (including phenoxy) is 1. The molecule has 0 radical (unpaired) electrons. The van der Waals surface area contributed by atoms with Crippen LogP contribution < -0.4 is 5.32 Å². The zero-order chi connectivity index (χ0) is 24.2. The Morgan fingerprint density at radius 2 is 1.74 bits per heavy atom. The summed E-state index contributed by atoms with van der Waals surface area (Å²) in [5.74, 6) is 3.80. The first-order valence-electron chi connectivity index (χ1n) is 11.5. The molecule has 2 aromatic rings. The molecule has 4 rings (SSSR count). The van der Waals surface area contributed by atoms with Gasteiger partial charge in [-0.25, -0.2) is 9.59 Å². The van der Waals surface area contributed by atoms with Gasteiger partial charge in [-0.15, -0.1) is 11.8 Å². The van der Waals surface area contributed by atoms with Gasteiger partial charge in [0.15, 0.2) is 0 Å². The van der Waals surface area contributed by atoms with E-state index in [1.54, 1.807) is 6.92 Å². The number of carbonyl (C=O) groups is 3. The van der Waals surface area contributed by atoms with Gasteiger partial charge >= 0.3 is 12.1 Å². The standard InChI is InChI=1S/C27H28N2O5/c1-3-4-13-23(25(30)29-15-14-17(2)24(29)26(31)32)28-27(33)34-16-22-20-11-7-5-9-18(20)19-10-6-8-12-21(19)22/h5-12,17,22-24H,13-16H2,1-2H3,(H,28,33)(H,31,32). The molecule has 3 unspecified atom stereocenters. The van der Waals surface area contributed by atoms with Crippen molar-refractivity contribution in [2.24, 2.45) is 5.92 Å². The fourth-order valence-electron chi connectivity index (χ4n) is 4.96. The number of carboxylic acids is 1. The Morgan fingerprint density at radius 1 is 1.12 bits per heavy atom. The molecule has 1 fully saturated rings. The van der Waals surface area contributed by atoms with E-state index in [9.17, 15) is 19.5 Å². The largest absolute Gasteiger partial charge is 0.480 e. The van der Waals surface area contributed by atoms with E-state index in [1.165, 1.54) is 4.90 Å². The van der Waals surface area contributed by atoms with Crippen molar-refractivity contribution in [1.82, 2.24) is 10.2 Å². The molecule has 176 valence electrons. The molecule has 0 bridgehead atoms. The molecule has 2 aliphatic rings. The van der Waals surface area contributed by atoms with Crippen molar-refractivity contribution < 1.29 is 24.2 Å². The number of amides is 2. The van der Waals surface area contributed by atoms with Crippen molar-refractivity contribution in [3.05, 3.63) is 59.7 Å². The normalized spacial score (nSPS) is 19.4. The summed E-state index contributed by atoms with van der Waals surface area (Å²) in [7, 11) is 0. The minimum Gasteiger partial charge on any atom is -0.480 e. The highest BCUT2D eigenvalue weighted by Gasteiger charge is 2.42. The van der Waals surface area contributed by atoms with Crippen LogP contribution in [-0.4, -0.2) is 53.2 Å². The van der Waals surface area contributed by atoms with Gasteiger partial charge in [0.2, 0.25) is 5.91 Å². The Morgan fingerprint density at radius 3 is 2.32 bits per heavy atom. The molecule has 34 heavy (non-hydrogen) atoms. The van der Waals surface area contributed by atoms with Gasteiger partial charge in [-0.3, -0.25) is 4.79 Å². The van der Waals surface area contributed by atoms with Crippen LogP contribution in [-0.2, 0) is 14.3 Å². The summed E-state index contributed by atoms with van der Waals surface area (Å²) in [4.78, 5) is 38.9. The molecule has 1 saturated heterocycles. The molecular formula is C27H28N2O5. The van der Waals surface area contributed by atoms with Crippen LogP contribution in [0.1, 0.15) is 43.7 Å². The summed E-state index contributed by atoms with van der Waals surface area (Å²) < 4.78 is 5.57. The second-order valence-corrected chi connectivity index (χ2v) is 8.73. The zero-order valence-electron chi connectivity index (χ0n) is 19.3. The third-order valence-corrected chi connectivity index (χ3v) is 6.65. The number of alkyl carbamates (subject to hydrolysis) is 1. The third kappa shape index (κ3) is 4.49. The smallest absolute Gasteiger partial charge is 0.407 e. The highest BCUT2D eigenvalue weighted by atomic mass is 16.5. The molecule has 2 N–H and O–H groups in total. The van der Waals surface area contributed by atoms with Gasteiger partial charge in [0.25, 0.3) is 0 Å². The number of aliphatic carboxylic acids is 1. The number of nitrogens with zero attached hydrogens (tertiary/aromatic N) is 1. The molecule has 2 amide bonds. The van der Waals surface area contributed by atoms with Gasteiger partial charge in [0.05, 0.1) is 0 Å². The van der Waals surface area contributed by atoms with Crippen LogP contribution in [0.15, 0.2) is 48.5 Å². The average Bonchev–Trinajstić information content (AvgIpc) is 3.38. The topological polar surface area (TPSA) is 95.9 Å². The molecule has 7 nitrogen and oxygen atoms in total. The fourth-order valence-corrected chi connectivity index (χ4v) is 4.96. The van der Waals surface area contributed by atoms with Gasteiger partial charge < -0.3 is 20.1 Å². The number of hydrogen-bond donors (Lipinski definition) is 2. The Bertz CT molecular complexity index is 1120. The summed E-state index contributed by atoms with van der Waals surface area (Å²) in [6.07, 6.45) is -0.0476. The van der Waals surface area contributed by atoms with E-state index in [4.69, 9.17) is 4.74 Å². The number of benzene rings is 2. The predicted octanol–water partition coefficient (Wildman–Crippen LogP) is 3.63. The average molecular weight is 461 g/mol. The second kappa shape index (κ2) is 10.0. The summed E-state index contributed by atoms with van der Waals surface area (Å²) >= 11 is 0. The number of carboxylic acid groups (broad SMARTS) is 1. The quantitative estimate of drug-likeness (QED) is 0.642. The van der Waals surface area contributed by atoms with E-state index in [0.717, 1.165) is 22.3 Å². The molecule has 2 aromatic carbocycles. The van der Waals surface area contributed by atoms with Gasteiger partial charge in [-0.05, 0) is 41.5 Å². The first kappa shape index (κ1) is 23.4. The van der Waals surface area contributed by atoms with Crippen molar-refractivity contribution in [3.8, 4) is 23.0 Å². The summed E-state index contributed by atoms with van der Waals surface area (Å²) in [6, 6.07) is 14.2. The summed E-state index contributed by atoms with van der Waals surface area (Å²) in [5, 5.41) is 12.2. The maximum atomic E-state index is 13.2. The van der Waals surface area contributed by atoms with E-state index < -0.39 is 30.1 Å². The van der Waals surface area contributed by atoms with Crippen molar-refractivity contribution in [2.75, 3.05) is 13.2 Å². The molecule has 0 spiro atoms. The molecule has 0 saturated carbocycles. The molecule has 3 atom stereocenters. The van der Waals surface area contributed by atoms with E-state index >= 15 is 0 Å². The van der Waals surface area contributed by atoms with Crippen LogP contribution in [0.2, 0.25) is 0 Å². The van der Waals surface area contributed by atoms with E-state index in [-0.39, 0.29) is 24.9 Å².